The molecule has 0 aliphatic rings. The molecule has 1 heterocycles. The van der Waals surface area contributed by atoms with Gasteiger partial charge in [0.15, 0.2) is 6.61 Å². The van der Waals surface area contributed by atoms with Crippen LogP contribution in [0.3, 0.4) is 0 Å². The second-order valence-corrected chi connectivity index (χ2v) is 4.72. The molecule has 1 aromatic heterocycles. The summed E-state index contributed by atoms with van der Waals surface area (Å²) in [5.74, 6) is 0.697. The normalized spacial score (nSPS) is 11.4. The van der Waals surface area contributed by atoms with Crippen LogP contribution in [0.1, 0.15) is 0 Å². The van der Waals surface area contributed by atoms with Gasteiger partial charge < -0.3 is 9.26 Å². The summed E-state index contributed by atoms with van der Waals surface area (Å²) in [5, 5.41) is 3.87. The molecule has 2 aromatic carbocycles. The molecule has 0 amide bonds. The van der Waals surface area contributed by atoms with Gasteiger partial charge in [0, 0.05) is 11.1 Å². The van der Waals surface area contributed by atoms with Crippen molar-refractivity contribution < 1.29 is 22.4 Å². The van der Waals surface area contributed by atoms with Crippen LogP contribution in [0.2, 0.25) is 0 Å². The molecule has 0 saturated heterocycles. The Labute approximate surface area is 129 Å². The van der Waals surface area contributed by atoms with E-state index in [1.54, 1.807) is 12.1 Å². The van der Waals surface area contributed by atoms with Gasteiger partial charge >= 0.3 is 6.18 Å². The van der Waals surface area contributed by atoms with Crippen LogP contribution >= 0.6 is 0 Å². The Morgan fingerprint density at radius 1 is 0.957 bits per heavy atom. The van der Waals surface area contributed by atoms with Crippen LogP contribution in [0.15, 0.2) is 59.1 Å². The van der Waals surface area contributed by atoms with Crippen molar-refractivity contribution in [3.8, 4) is 28.6 Å². The largest absolute Gasteiger partial charge is 0.484 e. The first-order valence-electron chi connectivity index (χ1n) is 6.70. The van der Waals surface area contributed by atoms with Gasteiger partial charge in [-0.05, 0) is 18.2 Å². The van der Waals surface area contributed by atoms with Gasteiger partial charge in [-0.2, -0.15) is 18.2 Å². The van der Waals surface area contributed by atoms with Crippen molar-refractivity contribution in [2.24, 2.45) is 0 Å². The van der Waals surface area contributed by atoms with Crippen LogP contribution in [0.5, 0.6) is 5.75 Å². The molecule has 118 valence electrons. The van der Waals surface area contributed by atoms with E-state index in [0.29, 0.717) is 11.4 Å². The first-order chi connectivity index (χ1) is 11.0. The molecule has 0 bridgehead atoms. The maximum atomic E-state index is 12.2. The predicted molar refractivity (Wildman–Crippen MR) is 76.7 cm³/mol. The Kier molecular flexibility index (Phi) is 4.01. The Balaban J connectivity index is 1.81. The molecule has 0 N–H and O–H groups in total. The SMILES string of the molecule is FC(F)(F)COc1cccc(-c2nc(-c3ccccc3)no2)c1. The molecule has 4 nitrogen and oxygen atoms in total. The zero-order chi connectivity index (χ0) is 16.3. The van der Waals surface area contributed by atoms with Crippen molar-refractivity contribution in [2.75, 3.05) is 6.61 Å². The molecule has 0 spiro atoms. The summed E-state index contributed by atoms with van der Waals surface area (Å²) < 4.78 is 46.4. The number of ether oxygens (including phenoxy) is 1. The Morgan fingerprint density at radius 2 is 1.70 bits per heavy atom. The zero-order valence-electron chi connectivity index (χ0n) is 11.7. The standard InChI is InChI=1S/C16H11F3N2O2/c17-16(18,19)10-22-13-8-4-7-12(9-13)15-20-14(21-23-15)11-5-2-1-3-6-11/h1-9H,10H2. The fourth-order valence-corrected chi connectivity index (χ4v) is 1.93. The quantitative estimate of drug-likeness (QED) is 0.717. The third-order valence-electron chi connectivity index (χ3n) is 2.94. The summed E-state index contributed by atoms with van der Waals surface area (Å²) >= 11 is 0. The number of rotatable bonds is 4. The van der Waals surface area contributed by atoms with E-state index in [2.05, 4.69) is 10.1 Å². The maximum absolute atomic E-state index is 12.2. The maximum Gasteiger partial charge on any atom is 0.422 e. The van der Waals surface area contributed by atoms with E-state index in [0.717, 1.165) is 5.56 Å². The van der Waals surface area contributed by atoms with Crippen LogP contribution in [-0.4, -0.2) is 22.9 Å². The molecule has 0 saturated carbocycles. The third-order valence-corrected chi connectivity index (χ3v) is 2.94. The number of hydrogen-bond acceptors (Lipinski definition) is 4. The molecule has 0 aliphatic heterocycles. The second-order valence-electron chi connectivity index (χ2n) is 4.72. The highest BCUT2D eigenvalue weighted by Crippen LogP contribution is 2.26. The fraction of sp³-hybridized carbons (Fsp3) is 0.125. The van der Waals surface area contributed by atoms with Gasteiger partial charge in [-0.15, -0.1) is 0 Å². The highest BCUT2D eigenvalue weighted by molar-refractivity contribution is 5.60. The third kappa shape index (κ3) is 3.88. The average Bonchev–Trinajstić information content (AvgIpc) is 3.03. The number of alkyl halides is 3. The van der Waals surface area contributed by atoms with E-state index >= 15 is 0 Å². The second kappa shape index (κ2) is 6.12. The first-order valence-corrected chi connectivity index (χ1v) is 6.70. The van der Waals surface area contributed by atoms with E-state index in [9.17, 15) is 13.2 Å². The number of hydrogen-bond donors (Lipinski definition) is 0. The summed E-state index contributed by atoms with van der Waals surface area (Å²) in [6, 6.07) is 15.3. The van der Waals surface area contributed by atoms with E-state index in [-0.39, 0.29) is 11.6 Å². The minimum Gasteiger partial charge on any atom is -0.484 e. The van der Waals surface area contributed by atoms with E-state index in [4.69, 9.17) is 9.26 Å². The fourth-order valence-electron chi connectivity index (χ4n) is 1.93. The van der Waals surface area contributed by atoms with Crippen LogP contribution in [-0.2, 0) is 0 Å². The molecule has 0 radical (unpaired) electrons. The summed E-state index contributed by atoms with van der Waals surface area (Å²) in [7, 11) is 0. The van der Waals surface area contributed by atoms with Crippen LogP contribution in [0.25, 0.3) is 22.8 Å². The molecule has 0 aliphatic carbocycles. The molecule has 0 atom stereocenters. The van der Waals surface area contributed by atoms with Gasteiger partial charge in [-0.1, -0.05) is 41.6 Å². The molecule has 3 rings (SSSR count). The lowest BCUT2D eigenvalue weighted by atomic mass is 10.2. The lowest BCUT2D eigenvalue weighted by Gasteiger charge is -2.09. The van der Waals surface area contributed by atoms with Gasteiger partial charge in [0.2, 0.25) is 5.82 Å². The van der Waals surface area contributed by atoms with Crippen molar-refractivity contribution in [1.29, 1.82) is 0 Å². The molecule has 23 heavy (non-hydrogen) atoms. The topological polar surface area (TPSA) is 48.2 Å². The number of benzene rings is 2. The average molecular weight is 320 g/mol. The van der Waals surface area contributed by atoms with Gasteiger partial charge in [0.25, 0.3) is 5.89 Å². The van der Waals surface area contributed by atoms with Gasteiger partial charge in [-0.25, -0.2) is 0 Å². The van der Waals surface area contributed by atoms with Crippen molar-refractivity contribution >= 4 is 0 Å². The zero-order valence-corrected chi connectivity index (χ0v) is 11.7. The Hall–Kier alpha value is -2.83. The summed E-state index contributed by atoms with van der Waals surface area (Å²) in [6.07, 6.45) is -4.39. The Bertz CT molecular complexity index is 785. The molecule has 7 heteroatoms. The van der Waals surface area contributed by atoms with Crippen LogP contribution in [0.4, 0.5) is 13.2 Å². The lowest BCUT2D eigenvalue weighted by molar-refractivity contribution is -0.153. The summed E-state index contributed by atoms with van der Waals surface area (Å²) in [4.78, 5) is 4.25. The summed E-state index contributed by atoms with van der Waals surface area (Å²) in [6.45, 7) is -1.35. The molecule has 0 fully saturated rings. The van der Waals surface area contributed by atoms with Gasteiger partial charge in [-0.3, -0.25) is 0 Å². The number of aromatic nitrogens is 2. The smallest absolute Gasteiger partial charge is 0.422 e. The van der Waals surface area contributed by atoms with Crippen molar-refractivity contribution in [3.05, 3.63) is 54.6 Å². The lowest BCUT2D eigenvalue weighted by Crippen LogP contribution is -2.19. The van der Waals surface area contributed by atoms with Crippen molar-refractivity contribution in [2.45, 2.75) is 6.18 Å². The molecule has 0 unspecified atom stereocenters. The van der Waals surface area contributed by atoms with Crippen LogP contribution < -0.4 is 4.74 Å². The highest BCUT2D eigenvalue weighted by Gasteiger charge is 2.28. The number of halogens is 3. The number of nitrogens with zero attached hydrogens (tertiary/aromatic N) is 2. The minimum atomic E-state index is -4.39. The Morgan fingerprint density at radius 3 is 2.43 bits per heavy atom. The van der Waals surface area contributed by atoms with E-state index < -0.39 is 12.8 Å². The molecular formula is C16H11F3N2O2. The van der Waals surface area contributed by atoms with Crippen LogP contribution in [0, 0.1) is 0 Å². The van der Waals surface area contributed by atoms with E-state index in [1.165, 1.54) is 12.1 Å². The van der Waals surface area contributed by atoms with Crippen molar-refractivity contribution in [1.82, 2.24) is 10.1 Å². The van der Waals surface area contributed by atoms with Gasteiger partial charge in [0.1, 0.15) is 5.75 Å². The predicted octanol–water partition coefficient (Wildman–Crippen LogP) is 4.34. The minimum absolute atomic E-state index is 0.0827. The monoisotopic (exact) mass is 320 g/mol. The summed E-state index contributed by atoms with van der Waals surface area (Å²) in [5.41, 5.74) is 1.27. The highest BCUT2D eigenvalue weighted by atomic mass is 19.4. The van der Waals surface area contributed by atoms with Crippen molar-refractivity contribution in [3.63, 3.8) is 0 Å². The molecule has 3 aromatic rings. The first kappa shape index (κ1) is 15.1. The van der Waals surface area contributed by atoms with Gasteiger partial charge in [0.05, 0.1) is 0 Å². The molecular weight excluding hydrogens is 309 g/mol. The van der Waals surface area contributed by atoms with E-state index in [1.807, 2.05) is 30.3 Å².